The Morgan fingerprint density at radius 2 is 1.44 bits per heavy atom. The van der Waals surface area contributed by atoms with Crippen molar-refractivity contribution >= 4 is 28.3 Å². The van der Waals surface area contributed by atoms with E-state index < -0.39 is 27.1 Å². The zero-order valence-corrected chi connectivity index (χ0v) is 23.3. The number of hydrogen-bond donors (Lipinski definition) is 1. The summed E-state index contributed by atoms with van der Waals surface area (Å²) in [6.45, 7) is 2.15. The summed E-state index contributed by atoms with van der Waals surface area (Å²) in [6.07, 6.45) is 7.30. The zero-order valence-electron chi connectivity index (χ0n) is 18.2. The monoisotopic (exact) mass is 558 g/mol. The summed E-state index contributed by atoms with van der Waals surface area (Å²) in [7, 11) is 0. The van der Waals surface area contributed by atoms with E-state index in [0.717, 1.165) is 12.8 Å². The molecule has 0 saturated carbocycles. The first kappa shape index (κ1) is 26.8. The predicted octanol–water partition coefficient (Wildman–Crippen LogP) is -1.86. The molecule has 3 aromatic rings. The Bertz CT molecular complexity index is 977. The maximum absolute atomic E-state index is 13.0. The zero-order chi connectivity index (χ0) is 20.8. The maximum atomic E-state index is 13.0. The standard InChI is InChI=1S/C12H11Si.C9H7.C5H11NO.2ClH.Zr/c1-3-7-11(8-4-1)13-12-9-5-2-6-10-12;1-2-5-9-7-3-6-8(9)4-1;1-2-3-4-5(6)7;;;/h1-10,13H;1-7H;2-4H2,1H3,(H2,6,7);2*1H;/q;;;;;+3/p-3. The van der Waals surface area contributed by atoms with Crippen molar-refractivity contribution in [3.8, 4) is 0 Å². The molecule has 1 unspecified atom stereocenters. The van der Waals surface area contributed by atoms with Crippen LogP contribution in [0.2, 0.25) is 0 Å². The van der Waals surface area contributed by atoms with Gasteiger partial charge >= 0.3 is 189 Å². The van der Waals surface area contributed by atoms with Crippen LogP contribution in [0.25, 0.3) is 6.08 Å². The van der Waals surface area contributed by atoms with E-state index in [-0.39, 0.29) is 30.7 Å². The Morgan fingerprint density at radius 3 is 2.03 bits per heavy atom. The summed E-state index contributed by atoms with van der Waals surface area (Å²) in [5.74, 6) is -1.30. The summed E-state index contributed by atoms with van der Waals surface area (Å²) in [6, 6.07) is 30.6. The Hall–Kier alpha value is -1.45. The largest absolute Gasteiger partial charge is 1.00 e. The van der Waals surface area contributed by atoms with E-state index in [1.807, 2.05) is 0 Å². The van der Waals surface area contributed by atoms with Gasteiger partial charge in [0.2, 0.25) is 0 Å². The predicted molar refractivity (Wildman–Crippen MR) is 125 cm³/mol. The van der Waals surface area contributed by atoms with Crippen LogP contribution in [0.3, 0.4) is 0 Å². The van der Waals surface area contributed by atoms with Gasteiger partial charge in [-0.1, -0.05) is 0 Å². The third-order valence-corrected chi connectivity index (χ3v) is 25.2. The second-order valence-corrected chi connectivity index (χ2v) is 22.3. The number of rotatable bonds is 8. The topological polar surface area (TPSA) is 29.1 Å². The molecule has 1 aliphatic carbocycles. The van der Waals surface area contributed by atoms with Gasteiger partial charge < -0.3 is 24.8 Å². The van der Waals surface area contributed by atoms with Gasteiger partial charge in [0.05, 0.1) is 0 Å². The SMILES string of the molecule is CCCCC(=O)[NH][Zr+2]([CH]1C=Cc2ccccc21)[SiH](c1ccccc1)c1ccccc1.[Cl-].[Cl-]. The Kier molecular flexibility index (Phi) is 11.1. The molecule has 1 N–H and O–H groups in total. The Balaban J connectivity index is 0.00000181. The van der Waals surface area contributed by atoms with Gasteiger partial charge in [0, 0.05) is 0 Å². The van der Waals surface area contributed by atoms with Gasteiger partial charge in [0.1, 0.15) is 0 Å². The average molecular weight is 561 g/mol. The molecule has 0 aliphatic heterocycles. The number of carbonyl (C=O) groups is 1. The third kappa shape index (κ3) is 6.32. The van der Waals surface area contributed by atoms with Crippen molar-refractivity contribution in [2.24, 2.45) is 0 Å². The van der Waals surface area contributed by atoms with Crippen LogP contribution in [0.5, 0.6) is 0 Å². The summed E-state index contributed by atoms with van der Waals surface area (Å²) < 4.78 is 4.09. The fourth-order valence-electron chi connectivity index (χ4n) is 4.25. The van der Waals surface area contributed by atoms with Crippen LogP contribution < -0.4 is 38.4 Å². The molecule has 4 rings (SSSR count). The number of carbonyl (C=O) groups excluding carboxylic acids is 1. The van der Waals surface area contributed by atoms with Crippen molar-refractivity contribution in [2.45, 2.75) is 29.8 Å². The molecule has 0 spiro atoms. The number of hydrogen-bond acceptors (Lipinski definition) is 1. The second kappa shape index (κ2) is 13.3. The van der Waals surface area contributed by atoms with E-state index in [4.69, 9.17) is 0 Å². The fraction of sp³-hybridized carbons (Fsp3) is 0.192. The summed E-state index contributed by atoms with van der Waals surface area (Å²) in [5, 5.41) is 2.90. The van der Waals surface area contributed by atoms with Gasteiger partial charge in [0.25, 0.3) is 0 Å². The first-order chi connectivity index (χ1) is 14.8. The van der Waals surface area contributed by atoms with Crippen LogP contribution in [0, 0.1) is 0 Å². The van der Waals surface area contributed by atoms with E-state index in [2.05, 4.69) is 107 Å². The molecule has 0 saturated heterocycles. The molecule has 0 fully saturated rings. The van der Waals surface area contributed by atoms with Crippen LogP contribution in [0.4, 0.5) is 0 Å². The number of benzene rings is 3. The van der Waals surface area contributed by atoms with E-state index in [1.54, 1.807) is 0 Å². The number of unbranched alkanes of at least 4 members (excludes halogenated alkanes) is 1. The van der Waals surface area contributed by atoms with E-state index in [1.165, 1.54) is 21.5 Å². The van der Waals surface area contributed by atoms with Crippen molar-refractivity contribution in [3.05, 3.63) is 102 Å². The second-order valence-electron chi connectivity index (χ2n) is 7.83. The summed E-state index contributed by atoms with van der Waals surface area (Å²) in [5.41, 5.74) is 2.73. The summed E-state index contributed by atoms with van der Waals surface area (Å²) in [4.78, 5) is 13.0. The summed E-state index contributed by atoms with van der Waals surface area (Å²) >= 11 is -2.50. The normalized spacial score (nSPS) is 13.6. The van der Waals surface area contributed by atoms with Gasteiger partial charge in [-0.15, -0.1) is 0 Å². The quantitative estimate of drug-likeness (QED) is 0.322. The molecule has 1 aliphatic rings. The maximum Gasteiger partial charge on any atom is -1.00 e. The number of amides is 1. The Labute approximate surface area is 213 Å². The van der Waals surface area contributed by atoms with Gasteiger partial charge in [-0.3, -0.25) is 0 Å². The molecule has 0 heterocycles. The van der Waals surface area contributed by atoms with Crippen LogP contribution in [-0.2, 0) is 26.0 Å². The molecular weight excluding hydrogens is 533 g/mol. The number of nitrogens with one attached hydrogen (secondary N) is 1. The molecule has 32 heavy (non-hydrogen) atoms. The molecule has 2 nitrogen and oxygen atoms in total. The number of allylic oxidation sites excluding steroid dienone is 1. The molecular formula is C26H28Cl2NOSiZr. The van der Waals surface area contributed by atoms with Crippen LogP contribution >= 0.6 is 0 Å². The van der Waals surface area contributed by atoms with Crippen molar-refractivity contribution < 1.29 is 50.8 Å². The molecule has 1 amide bonds. The molecule has 1 atom stereocenters. The smallest absolute Gasteiger partial charge is 1.00 e. The van der Waals surface area contributed by atoms with Gasteiger partial charge in [0.15, 0.2) is 0 Å². The minimum atomic E-state index is -2.50. The van der Waals surface area contributed by atoms with Gasteiger partial charge in [-0.2, -0.15) is 0 Å². The minimum Gasteiger partial charge on any atom is -1.00 e. The molecule has 0 bridgehead atoms. The number of halogens is 2. The van der Waals surface area contributed by atoms with Crippen molar-refractivity contribution in [2.75, 3.05) is 0 Å². The molecule has 6 heteroatoms. The van der Waals surface area contributed by atoms with E-state index in [0.29, 0.717) is 10.0 Å². The molecule has 0 aromatic heterocycles. The van der Waals surface area contributed by atoms with Gasteiger partial charge in [-0.25, -0.2) is 0 Å². The molecule has 0 radical (unpaired) electrons. The fourth-order valence-corrected chi connectivity index (χ4v) is 25.3. The molecule has 165 valence electrons. The minimum absolute atomic E-state index is 0. The first-order valence-electron chi connectivity index (χ1n) is 10.8. The van der Waals surface area contributed by atoms with Crippen LogP contribution in [-0.4, -0.2) is 11.8 Å². The molecule has 3 aromatic carbocycles. The first-order valence-corrected chi connectivity index (χ1v) is 19.4. The van der Waals surface area contributed by atoms with Gasteiger partial charge in [-0.05, 0) is 0 Å². The van der Waals surface area contributed by atoms with E-state index >= 15 is 0 Å². The number of fused-ring (bicyclic) bond motifs is 1. The van der Waals surface area contributed by atoms with Crippen LogP contribution in [0.15, 0.2) is 91.0 Å². The van der Waals surface area contributed by atoms with Crippen LogP contribution in [0.1, 0.15) is 40.9 Å². The average Bonchev–Trinajstić information content (AvgIpc) is 3.23. The van der Waals surface area contributed by atoms with Crippen molar-refractivity contribution in [3.63, 3.8) is 0 Å². The third-order valence-electron chi connectivity index (χ3n) is 5.75. The van der Waals surface area contributed by atoms with E-state index in [9.17, 15) is 4.79 Å². The van der Waals surface area contributed by atoms with Crippen molar-refractivity contribution in [1.29, 1.82) is 0 Å². The van der Waals surface area contributed by atoms with Crippen molar-refractivity contribution in [1.82, 2.24) is 3.26 Å². The Morgan fingerprint density at radius 1 is 0.875 bits per heavy atom.